The van der Waals surface area contributed by atoms with Crippen LogP contribution < -0.4 is 15.8 Å². The first-order valence-electron chi connectivity index (χ1n) is 9.96. The summed E-state index contributed by atoms with van der Waals surface area (Å²) in [6.45, 7) is 5.65. The van der Waals surface area contributed by atoms with Crippen LogP contribution in [-0.4, -0.2) is 54.9 Å². The number of piperidine rings is 1. The number of nitrogens with one attached hydrogen (secondary N) is 1. The third-order valence-electron chi connectivity index (χ3n) is 5.47. The molecule has 8 nitrogen and oxygen atoms in total. The fraction of sp³-hybridized carbons (Fsp3) is 0.619. The molecular weight excluding hydrogens is 374 g/mol. The molecule has 0 spiro atoms. The molecule has 29 heavy (non-hydrogen) atoms. The Balaban J connectivity index is 1.75. The number of nitrogens with zero attached hydrogens (tertiary/aromatic N) is 1. The lowest BCUT2D eigenvalue weighted by atomic mass is 9.97. The van der Waals surface area contributed by atoms with E-state index in [-0.39, 0.29) is 24.2 Å². The van der Waals surface area contributed by atoms with Crippen LogP contribution in [0.2, 0.25) is 0 Å². The summed E-state index contributed by atoms with van der Waals surface area (Å²) < 4.78 is 15.9. The van der Waals surface area contributed by atoms with Crippen LogP contribution in [0, 0.1) is 0 Å². The molecule has 0 aromatic heterocycles. The molecule has 0 radical (unpaired) electrons. The van der Waals surface area contributed by atoms with Crippen LogP contribution in [-0.2, 0) is 9.47 Å². The summed E-state index contributed by atoms with van der Waals surface area (Å²) in [5, 5.41) is 3.49. The molecule has 1 amide bonds. The van der Waals surface area contributed by atoms with E-state index >= 15 is 0 Å². The van der Waals surface area contributed by atoms with Gasteiger partial charge in [0, 0.05) is 29.9 Å². The second kappa shape index (κ2) is 8.00. The number of carbonyl (C=O) groups is 2. The van der Waals surface area contributed by atoms with E-state index in [1.165, 1.54) is 7.11 Å². The van der Waals surface area contributed by atoms with Crippen molar-refractivity contribution < 1.29 is 23.8 Å². The third kappa shape index (κ3) is 4.52. The summed E-state index contributed by atoms with van der Waals surface area (Å²) in [5.74, 6) is 0.0742. The van der Waals surface area contributed by atoms with Crippen molar-refractivity contribution in [3.8, 4) is 5.75 Å². The molecule has 2 aliphatic heterocycles. The van der Waals surface area contributed by atoms with Gasteiger partial charge in [0.05, 0.1) is 25.5 Å². The zero-order chi connectivity index (χ0) is 21.3. The maximum Gasteiger partial charge on any atom is 0.410 e. The second-order valence-corrected chi connectivity index (χ2v) is 8.72. The van der Waals surface area contributed by atoms with Gasteiger partial charge in [-0.15, -0.1) is 0 Å². The Morgan fingerprint density at radius 2 is 1.76 bits per heavy atom. The van der Waals surface area contributed by atoms with Crippen molar-refractivity contribution in [2.24, 2.45) is 0 Å². The number of esters is 1. The summed E-state index contributed by atoms with van der Waals surface area (Å²) in [6, 6.07) is 3.72. The molecule has 3 N–H and O–H groups in total. The predicted molar refractivity (Wildman–Crippen MR) is 110 cm³/mol. The van der Waals surface area contributed by atoms with E-state index < -0.39 is 11.6 Å². The van der Waals surface area contributed by atoms with Crippen LogP contribution in [0.1, 0.15) is 56.8 Å². The predicted octanol–water partition coefficient (Wildman–Crippen LogP) is 3.41. The van der Waals surface area contributed by atoms with E-state index in [9.17, 15) is 9.59 Å². The highest BCUT2D eigenvalue weighted by atomic mass is 16.6. The number of rotatable bonds is 4. The van der Waals surface area contributed by atoms with Crippen LogP contribution in [0.25, 0.3) is 0 Å². The van der Waals surface area contributed by atoms with Gasteiger partial charge < -0.3 is 30.2 Å². The first-order chi connectivity index (χ1) is 13.6. The van der Waals surface area contributed by atoms with Gasteiger partial charge in [-0.3, -0.25) is 0 Å². The molecule has 160 valence electrons. The number of nitrogen functional groups attached to an aromatic ring is 1. The molecule has 2 aliphatic rings. The van der Waals surface area contributed by atoms with E-state index in [0.29, 0.717) is 22.7 Å². The lowest BCUT2D eigenvalue weighted by Gasteiger charge is -2.40. The van der Waals surface area contributed by atoms with E-state index in [1.807, 2.05) is 25.7 Å². The quantitative estimate of drug-likeness (QED) is 0.584. The molecule has 0 saturated carbocycles. The Kier molecular flexibility index (Phi) is 5.82. The summed E-state index contributed by atoms with van der Waals surface area (Å²) in [4.78, 5) is 26.5. The molecule has 2 unspecified atom stereocenters. The number of carbonyl (C=O) groups excluding carboxylic acids is 2. The first-order valence-corrected chi connectivity index (χ1v) is 9.96. The van der Waals surface area contributed by atoms with Crippen LogP contribution in [0.3, 0.4) is 0 Å². The Morgan fingerprint density at radius 3 is 2.28 bits per heavy atom. The molecule has 3 rings (SSSR count). The van der Waals surface area contributed by atoms with E-state index in [2.05, 4.69) is 5.32 Å². The number of anilines is 2. The summed E-state index contributed by atoms with van der Waals surface area (Å²) in [7, 11) is 2.88. The standard InChI is InChI=1S/C21H31N3O5/c1-21(2,3)29-20(26)24-13-6-7-14(24)9-12(8-13)23-17-10-15(19(25)28-5)16(22)11-18(17)27-4/h10-14,23H,6-9,22H2,1-5H3. The number of benzene rings is 1. The van der Waals surface area contributed by atoms with Crippen molar-refractivity contribution in [2.75, 3.05) is 25.3 Å². The van der Waals surface area contributed by atoms with Gasteiger partial charge in [0.2, 0.25) is 0 Å². The molecule has 2 heterocycles. The highest BCUT2D eigenvalue weighted by molar-refractivity contribution is 5.97. The molecule has 8 heteroatoms. The minimum absolute atomic E-state index is 0.140. The SMILES string of the molecule is COC(=O)c1cc(NC2CC3CCC(C2)N3C(=O)OC(C)(C)C)c(OC)cc1N. The summed E-state index contributed by atoms with van der Waals surface area (Å²) >= 11 is 0. The number of methoxy groups -OCH3 is 2. The monoisotopic (exact) mass is 405 g/mol. The number of hydrogen-bond donors (Lipinski definition) is 2. The fourth-order valence-corrected chi connectivity index (χ4v) is 4.29. The lowest BCUT2D eigenvalue weighted by Crippen LogP contribution is -2.51. The average molecular weight is 405 g/mol. The smallest absolute Gasteiger partial charge is 0.410 e. The van der Waals surface area contributed by atoms with Crippen LogP contribution in [0.15, 0.2) is 12.1 Å². The maximum atomic E-state index is 12.6. The largest absolute Gasteiger partial charge is 0.495 e. The van der Waals surface area contributed by atoms with Crippen LogP contribution in [0.4, 0.5) is 16.2 Å². The van der Waals surface area contributed by atoms with Crippen molar-refractivity contribution in [3.05, 3.63) is 17.7 Å². The van der Waals surface area contributed by atoms with Gasteiger partial charge >= 0.3 is 12.1 Å². The van der Waals surface area contributed by atoms with E-state index in [1.54, 1.807) is 19.2 Å². The van der Waals surface area contributed by atoms with Crippen molar-refractivity contribution in [1.82, 2.24) is 4.90 Å². The highest BCUT2D eigenvalue weighted by Crippen LogP contribution is 2.39. The second-order valence-electron chi connectivity index (χ2n) is 8.72. The summed E-state index contributed by atoms with van der Waals surface area (Å²) in [5.41, 5.74) is 6.75. The van der Waals surface area contributed by atoms with Gasteiger partial charge in [-0.05, 0) is 52.5 Å². The Bertz CT molecular complexity index is 775. The summed E-state index contributed by atoms with van der Waals surface area (Å²) in [6.07, 6.45) is 3.30. The molecule has 2 bridgehead atoms. The van der Waals surface area contributed by atoms with Gasteiger partial charge in [0.25, 0.3) is 0 Å². The molecule has 0 aliphatic carbocycles. The van der Waals surface area contributed by atoms with Crippen molar-refractivity contribution >= 4 is 23.4 Å². The molecule has 2 fully saturated rings. The molecule has 2 saturated heterocycles. The van der Waals surface area contributed by atoms with Gasteiger partial charge in [-0.2, -0.15) is 0 Å². The number of ether oxygens (including phenoxy) is 3. The highest BCUT2D eigenvalue weighted by Gasteiger charge is 2.45. The zero-order valence-corrected chi connectivity index (χ0v) is 17.8. The molecule has 1 aromatic rings. The minimum Gasteiger partial charge on any atom is -0.495 e. The number of hydrogen-bond acceptors (Lipinski definition) is 7. The lowest BCUT2D eigenvalue weighted by molar-refractivity contribution is 0.00680. The Labute approximate surface area is 171 Å². The number of amides is 1. The molecule has 1 aromatic carbocycles. The van der Waals surface area contributed by atoms with Gasteiger partial charge in [-0.1, -0.05) is 0 Å². The number of fused-ring (bicyclic) bond motifs is 2. The molecule has 2 atom stereocenters. The van der Waals surface area contributed by atoms with Crippen molar-refractivity contribution in [1.29, 1.82) is 0 Å². The van der Waals surface area contributed by atoms with Crippen molar-refractivity contribution in [3.63, 3.8) is 0 Å². The van der Waals surface area contributed by atoms with Gasteiger partial charge in [0.1, 0.15) is 11.4 Å². The normalized spacial score (nSPS) is 23.5. The molecular formula is C21H31N3O5. The fourth-order valence-electron chi connectivity index (χ4n) is 4.29. The van der Waals surface area contributed by atoms with Crippen LogP contribution in [0.5, 0.6) is 5.75 Å². The van der Waals surface area contributed by atoms with Gasteiger partial charge in [0.15, 0.2) is 0 Å². The van der Waals surface area contributed by atoms with E-state index in [4.69, 9.17) is 19.9 Å². The maximum absolute atomic E-state index is 12.6. The average Bonchev–Trinajstić information content (AvgIpc) is 2.92. The first kappa shape index (κ1) is 21.1. The third-order valence-corrected chi connectivity index (χ3v) is 5.47. The van der Waals surface area contributed by atoms with Crippen molar-refractivity contribution in [2.45, 2.75) is 70.2 Å². The number of nitrogens with two attached hydrogens (primary N) is 1. The topological polar surface area (TPSA) is 103 Å². The van der Waals surface area contributed by atoms with E-state index in [0.717, 1.165) is 25.7 Å². The minimum atomic E-state index is -0.507. The Hall–Kier alpha value is -2.64. The van der Waals surface area contributed by atoms with Crippen LogP contribution >= 0.6 is 0 Å². The Morgan fingerprint density at radius 1 is 1.14 bits per heavy atom. The zero-order valence-electron chi connectivity index (χ0n) is 17.8. The van der Waals surface area contributed by atoms with Gasteiger partial charge in [-0.25, -0.2) is 9.59 Å².